The van der Waals surface area contributed by atoms with E-state index < -0.39 is 0 Å². The molecule has 33 heavy (non-hydrogen) atoms. The number of aromatic amines is 1. The summed E-state index contributed by atoms with van der Waals surface area (Å²) in [5.74, 6) is 1.42. The average Bonchev–Trinajstić information content (AvgIpc) is 2.83. The number of carbonyl (C=O) groups is 1. The minimum Gasteiger partial charge on any atom is -0.497 e. The number of amides is 1. The standard InChI is InChI=1S/C24H25ClN4O3S/c1-32-21-7-5-20(6-8-21)28-9-11-29(12-10-28)23(31)15-19-14-22(30)27-24(26-19)33-16-17-3-2-4-18(25)13-17/h2-8,13-14H,9-12,15-16H2,1H3,(H,26,27,30). The van der Waals surface area contributed by atoms with Gasteiger partial charge in [0.05, 0.1) is 19.2 Å². The van der Waals surface area contributed by atoms with Gasteiger partial charge in [0.25, 0.3) is 5.56 Å². The minimum atomic E-state index is -0.259. The lowest BCUT2D eigenvalue weighted by Gasteiger charge is -2.36. The Balaban J connectivity index is 1.33. The van der Waals surface area contributed by atoms with E-state index >= 15 is 0 Å². The van der Waals surface area contributed by atoms with Gasteiger partial charge in [-0.2, -0.15) is 0 Å². The van der Waals surface area contributed by atoms with Crippen molar-refractivity contribution in [2.45, 2.75) is 17.3 Å². The number of nitrogens with zero attached hydrogens (tertiary/aromatic N) is 3. The van der Waals surface area contributed by atoms with Crippen LogP contribution in [-0.2, 0) is 17.0 Å². The van der Waals surface area contributed by atoms with Crippen LogP contribution in [0.4, 0.5) is 5.69 Å². The molecule has 0 unspecified atom stereocenters. The van der Waals surface area contributed by atoms with Gasteiger partial charge >= 0.3 is 0 Å². The smallest absolute Gasteiger partial charge is 0.251 e. The van der Waals surface area contributed by atoms with Crippen LogP contribution < -0.4 is 15.2 Å². The molecule has 1 saturated heterocycles. The lowest BCUT2D eigenvalue weighted by atomic mass is 10.2. The predicted octanol–water partition coefficient (Wildman–Crippen LogP) is 3.62. The van der Waals surface area contributed by atoms with Gasteiger partial charge in [-0.05, 0) is 42.0 Å². The lowest BCUT2D eigenvalue weighted by Crippen LogP contribution is -2.49. The Labute approximate surface area is 201 Å². The average molecular weight is 485 g/mol. The maximum Gasteiger partial charge on any atom is 0.251 e. The summed E-state index contributed by atoms with van der Waals surface area (Å²) in [7, 11) is 1.65. The highest BCUT2D eigenvalue weighted by atomic mass is 35.5. The molecule has 172 valence electrons. The molecule has 2 heterocycles. The number of hydrogen-bond donors (Lipinski definition) is 1. The van der Waals surface area contributed by atoms with Gasteiger partial charge in [0, 0.05) is 48.7 Å². The summed E-state index contributed by atoms with van der Waals surface area (Å²) in [6.07, 6.45) is 0.108. The van der Waals surface area contributed by atoms with Crippen LogP contribution in [0.2, 0.25) is 5.02 Å². The van der Waals surface area contributed by atoms with Crippen LogP contribution in [0.25, 0.3) is 0 Å². The summed E-state index contributed by atoms with van der Waals surface area (Å²) >= 11 is 7.44. The van der Waals surface area contributed by atoms with Crippen molar-refractivity contribution in [3.8, 4) is 5.75 Å². The Morgan fingerprint density at radius 2 is 1.88 bits per heavy atom. The van der Waals surface area contributed by atoms with Gasteiger partial charge in [0.1, 0.15) is 5.75 Å². The highest BCUT2D eigenvalue weighted by molar-refractivity contribution is 7.98. The fourth-order valence-corrected chi connectivity index (χ4v) is 4.75. The first kappa shape index (κ1) is 23.2. The molecular formula is C24H25ClN4O3S. The summed E-state index contributed by atoms with van der Waals surface area (Å²) in [6, 6.07) is 16.9. The molecule has 1 N–H and O–H groups in total. The summed E-state index contributed by atoms with van der Waals surface area (Å²) in [4.78, 5) is 36.3. The monoisotopic (exact) mass is 484 g/mol. The number of halogens is 1. The van der Waals surface area contributed by atoms with Crippen LogP contribution in [0.15, 0.2) is 64.5 Å². The number of anilines is 1. The molecule has 4 rings (SSSR count). The van der Waals surface area contributed by atoms with Crippen molar-refractivity contribution >= 4 is 35.0 Å². The number of benzene rings is 2. The SMILES string of the molecule is COc1ccc(N2CCN(C(=O)Cc3cc(=O)[nH]c(SCc4cccc(Cl)c4)n3)CC2)cc1. The molecule has 3 aromatic rings. The van der Waals surface area contributed by atoms with Crippen LogP contribution in [0.3, 0.4) is 0 Å². The fourth-order valence-electron chi connectivity index (χ4n) is 3.69. The predicted molar refractivity (Wildman–Crippen MR) is 131 cm³/mol. The van der Waals surface area contributed by atoms with Gasteiger partial charge < -0.3 is 19.5 Å². The third kappa shape index (κ3) is 6.30. The van der Waals surface area contributed by atoms with Gasteiger partial charge in [0.15, 0.2) is 5.16 Å². The van der Waals surface area contributed by atoms with Crippen molar-refractivity contribution in [3.63, 3.8) is 0 Å². The quantitative estimate of drug-likeness (QED) is 0.407. The van der Waals surface area contributed by atoms with E-state index in [-0.39, 0.29) is 17.9 Å². The number of H-pyrrole nitrogens is 1. The van der Waals surface area contributed by atoms with Crippen LogP contribution in [0.1, 0.15) is 11.3 Å². The normalized spacial score (nSPS) is 13.8. The fraction of sp³-hybridized carbons (Fsp3) is 0.292. The Morgan fingerprint density at radius 1 is 1.12 bits per heavy atom. The summed E-state index contributed by atoms with van der Waals surface area (Å²) in [5, 5.41) is 1.16. The number of nitrogens with one attached hydrogen (secondary N) is 1. The highest BCUT2D eigenvalue weighted by Gasteiger charge is 2.22. The zero-order valence-electron chi connectivity index (χ0n) is 18.3. The van der Waals surface area contributed by atoms with Crippen molar-refractivity contribution in [1.29, 1.82) is 0 Å². The maximum atomic E-state index is 12.9. The number of methoxy groups -OCH3 is 1. The summed E-state index contributed by atoms with van der Waals surface area (Å²) in [5.41, 5.74) is 2.37. The van der Waals surface area contributed by atoms with E-state index in [0.717, 1.165) is 30.1 Å². The lowest BCUT2D eigenvalue weighted by molar-refractivity contribution is -0.130. The summed E-state index contributed by atoms with van der Waals surface area (Å²) in [6.45, 7) is 2.76. The van der Waals surface area contributed by atoms with E-state index in [0.29, 0.717) is 34.7 Å². The first-order valence-electron chi connectivity index (χ1n) is 10.6. The largest absolute Gasteiger partial charge is 0.497 e. The van der Waals surface area contributed by atoms with Crippen molar-refractivity contribution in [2.75, 3.05) is 38.2 Å². The number of aromatic nitrogens is 2. The van der Waals surface area contributed by atoms with E-state index in [4.69, 9.17) is 16.3 Å². The molecule has 0 spiro atoms. The number of carbonyl (C=O) groups excluding carboxylic acids is 1. The van der Waals surface area contributed by atoms with Crippen molar-refractivity contribution in [2.24, 2.45) is 0 Å². The van der Waals surface area contributed by atoms with E-state index in [1.165, 1.54) is 17.8 Å². The second-order valence-electron chi connectivity index (χ2n) is 7.70. The molecule has 2 aromatic carbocycles. The second kappa shape index (κ2) is 10.8. The Kier molecular flexibility index (Phi) is 7.57. The van der Waals surface area contributed by atoms with Gasteiger partial charge in [-0.15, -0.1) is 0 Å². The molecule has 0 radical (unpaired) electrons. The molecule has 1 amide bonds. The number of rotatable bonds is 7. The molecule has 1 aromatic heterocycles. The molecular weight excluding hydrogens is 460 g/mol. The zero-order valence-corrected chi connectivity index (χ0v) is 19.9. The van der Waals surface area contributed by atoms with Crippen LogP contribution in [0, 0.1) is 0 Å². The number of thioether (sulfide) groups is 1. The molecule has 1 fully saturated rings. The number of piperazine rings is 1. The second-order valence-corrected chi connectivity index (χ2v) is 9.10. The number of ether oxygens (including phenoxy) is 1. The molecule has 0 atom stereocenters. The van der Waals surface area contributed by atoms with E-state index in [1.807, 2.05) is 53.4 Å². The van der Waals surface area contributed by atoms with Crippen LogP contribution >= 0.6 is 23.4 Å². The van der Waals surface area contributed by atoms with E-state index in [9.17, 15) is 9.59 Å². The van der Waals surface area contributed by atoms with Gasteiger partial charge in [-0.3, -0.25) is 9.59 Å². The van der Waals surface area contributed by atoms with Gasteiger partial charge in [0.2, 0.25) is 5.91 Å². The Bertz CT molecular complexity index is 1160. The maximum absolute atomic E-state index is 12.9. The molecule has 0 saturated carbocycles. The molecule has 1 aliphatic heterocycles. The molecule has 7 nitrogen and oxygen atoms in total. The molecule has 0 bridgehead atoms. The van der Waals surface area contributed by atoms with Crippen LogP contribution in [0.5, 0.6) is 5.75 Å². The molecule has 9 heteroatoms. The van der Waals surface area contributed by atoms with Gasteiger partial charge in [-0.25, -0.2) is 4.98 Å². The third-order valence-corrected chi connectivity index (χ3v) is 6.62. The molecule has 0 aliphatic carbocycles. The first-order valence-corrected chi connectivity index (χ1v) is 12.0. The topological polar surface area (TPSA) is 78.5 Å². The first-order chi connectivity index (χ1) is 16.0. The zero-order chi connectivity index (χ0) is 23.2. The van der Waals surface area contributed by atoms with Crippen molar-refractivity contribution < 1.29 is 9.53 Å². The van der Waals surface area contributed by atoms with E-state index in [2.05, 4.69) is 14.9 Å². The van der Waals surface area contributed by atoms with Crippen molar-refractivity contribution in [3.05, 3.63) is 81.2 Å². The summed E-state index contributed by atoms with van der Waals surface area (Å²) < 4.78 is 5.21. The third-order valence-electron chi connectivity index (χ3n) is 5.44. The number of hydrogen-bond acceptors (Lipinski definition) is 6. The van der Waals surface area contributed by atoms with Crippen LogP contribution in [-0.4, -0.2) is 54.1 Å². The van der Waals surface area contributed by atoms with Gasteiger partial charge in [-0.1, -0.05) is 35.5 Å². The minimum absolute atomic E-state index is 0.0201. The molecule has 1 aliphatic rings. The highest BCUT2D eigenvalue weighted by Crippen LogP contribution is 2.22. The Hall–Kier alpha value is -2.97. The van der Waals surface area contributed by atoms with Crippen molar-refractivity contribution in [1.82, 2.24) is 14.9 Å². The van der Waals surface area contributed by atoms with E-state index in [1.54, 1.807) is 7.11 Å². The Morgan fingerprint density at radius 3 is 2.58 bits per heavy atom.